The Morgan fingerprint density at radius 2 is 2.14 bits per heavy atom. The summed E-state index contributed by atoms with van der Waals surface area (Å²) in [6.45, 7) is 1.34. The quantitative estimate of drug-likeness (QED) is 0.590. The summed E-state index contributed by atoms with van der Waals surface area (Å²) in [6.07, 6.45) is 6.20. The number of primary amides is 1. The zero-order valence-electron chi connectivity index (χ0n) is 15.4. The lowest BCUT2D eigenvalue weighted by Crippen LogP contribution is -2.41. The van der Waals surface area contributed by atoms with Gasteiger partial charge in [-0.1, -0.05) is 0 Å². The van der Waals surface area contributed by atoms with Crippen molar-refractivity contribution < 1.29 is 9.59 Å². The highest BCUT2D eigenvalue weighted by atomic mass is 32.1. The van der Waals surface area contributed by atoms with Crippen LogP contribution in [-0.2, 0) is 16.0 Å². The predicted octanol–water partition coefficient (Wildman–Crippen LogP) is 0.397. The molecule has 0 bridgehead atoms. The molecule has 1 atom stereocenters. The topological polar surface area (TPSA) is 145 Å². The summed E-state index contributed by atoms with van der Waals surface area (Å²) >= 11 is 1.28. The molecule has 0 aromatic carbocycles. The van der Waals surface area contributed by atoms with Crippen LogP contribution in [0.5, 0.6) is 0 Å². The molecule has 1 fully saturated rings. The van der Waals surface area contributed by atoms with Crippen molar-refractivity contribution in [2.24, 2.45) is 11.7 Å². The Bertz CT molecular complexity index is 1000. The van der Waals surface area contributed by atoms with Gasteiger partial charge in [0.25, 0.3) is 0 Å². The first-order chi connectivity index (χ1) is 14.1. The van der Waals surface area contributed by atoms with Crippen LogP contribution in [0.1, 0.15) is 18.5 Å². The largest absolute Gasteiger partial charge is 0.369 e. The Morgan fingerprint density at radius 1 is 1.28 bits per heavy atom. The highest BCUT2D eigenvalue weighted by molar-refractivity contribution is 7.13. The van der Waals surface area contributed by atoms with Gasteiger partial charge in [0.2, 0.25) is 11.8 Å². The third kappa shape index (κ3) is 4.54. The summed E-state index contributed by atoms with van der Waals surface area (Å²) < 4.78 is 1.56. The average molecular weight is 413 g/mol. The standard InChI is InChI=1S/C17H19N9O2S/c18-13(27)4-12-7-29-17(23-12)24-16(28)11-2-1-3-25(6-11)14-5-15(21-9-20-14)26-10-19-8-22-26/h5,7-11H,1-4,6H2,(H2,18,27)(H,23,24,28). The third-order valence-corrected chi connectivity index (χ3v) is 5.35. The van der Waals surface area contributed by atoms with Gasteiger partial charge in [0, 0.05) is 24.5 Å². The summed E-state index contributed by atoms with van der Waals surface area (Å²) in [5.41, 5.74) is 5.74. The molecule has 3 aromatic rings. The Hall–Kier alpha value is -3.41. The van der Waals surface area contributed by atoms with Gasteiger partial charge in [-0.15, -0.1) is 11.3 Å². The number of anilines is 2. The molecule has 12 heteroatoms. The van der Waals surface area contributed by atoms with E-state index in [0.717, 1.165) is 25.2 Å². The summed E-state index contributed by atoms with van der Waals surface area (Å²) in [5.74, 6) is 0.605. The number of nitrogens with two attached hydrogens (primary N) is 1. The Labute approximate surface area is 170 Å². The fourth-order valence-electron chi connectivity index (χ4n) is 3.19. The molecular weight excluding hydrogens is 394 g/mol. The van der Waals surface area contributed by atoms with Gasteiger partial charge in [-0.25, -0.2) is 24.6 Å². The maximum atomic E-state index is 12.7. The Kier molecular flexibility index (Phi) is 5.42. The Balaban J connectivity index is 1.42. The van der Waals surface area contributed by atoms with Gasteiger partial charge in [-0.2, -0.15) is 5.10 Å². The SMILES string of the molecule is NC(=O)Cc1csc(NC(=O)C2CCCN(c3cc(-n4cncn4)ncn3)C2)n1. The highest BCUT2D eigenvalue weighted by Crippen LogP contribution is 2.24. The summed E-state index contributed by atoms with van der Waals surface area (Å²) in [5, 5.41) is 9.12. The number of piperidine rings is 1. The molecular formula is C17H19N9O2S. The first-order valence-corrected chi connectivity index (χ1v) is 9.92. The van der Waals surface area contributed by atoms with Crippen LogP contribution in [0.3, 0.4) is 0 Å². The zero-order chi connectivity index (χ0) is 20.2. The number of nitrogens with zero attached hydrogens (tertiary/aromatic N) is 7. The van der Waals surface area contributed by atoms with Gasteiger partial charge in [0.15, 0.2) is 10.9 Å². The predicted molar refractivity (Wildman–Crippen MR) is 106 cm³/mol. The maximum absolute atomic E-state index is 12.7. The number of hydrogen-bond donors (Lipinski definition) is 2. The lowest BCUT2D eigenvalue weighted by Gasteiger charge is -2.32. The van der Waals surface area contributed by atoms with E-state index in [1.54, 1.807) is 16.4 Å². The third-order valence-electron chi connectivity index (χ3n) is 4.55. The van der Waals surface area contributed by atoms with E-state index in [0.29, 0.717) is 23.2 Å². The van der Waals surface area contributed by atoms with Crippen LogP contribution in [0.25, 0.3) is 5.82 Å². The molecule has 11 nitrogen and oxygen atoms in total. The van der Waals surface area contributed by atoms with E-state index in [-0.39, 0.29) is 18.2 Å². The second kappa shape index (κ2) is 8.31. The average Bonchev–Trinajstić information content (AvgIpc) is 3.40. The van der Waals surface area contributed by atoms with Gasteiger partial charge < -0.3 is 16.0 Å². The minimum atomic E-state index is -0.453. The van der Waals surface area contributed by atoms with Crippen molar-refractivity contribution in [2.75, 3.05) is 23.3 Å². The molecule has 2 amide bonds. The fourth-order valence-corrected chi connectivity index (χ4v) is 3.91. The number of aromatic nitrogens is 6. The van der Waals surface area contributed by atoms with Crippen molar-refractivity contribution in [1.29, 1.82) is 0 Å². The van der Waals surface area contributed by atoms with Crippen molar-refractivity contribution in [3.8, 4) is 5.82 Å². The minimum absolute atomic E-state index is 0.0609. The second-order valence-electron chi connectivity index (χ2n) is 6.64. The monoisotopic (exact) mass is 413 g/mol. The minimum Gasteiger partial charge on any atom is -0.369 e. The summed E-state index contributed by atoms with van der Waals surface area (Å²) in [7, 11) is 0. The van der Waals surface area contributed by atoms with E-state index >= 15 is 0 Å². The van der Waals surface area contributed by atoms with Crippen molar-refractivity contribution in [3.63, 3.8) is 0 Å². The van der Waals surface area contributed by atoms with Crippen LogP contribution in [0.15, 0.2) is 30.4 Å². The number of hydrogen-bond acceptors (Lipinski definition) is 9. The number of carbonyl (C=O) groups is 2. The molecule has 0 radical (unpaired) electrons. The van der Waals surface area contributed by atoms with Crippen LogP contribution in [-0.4, -0.2) is 54.6 Å². The van der Waals surface area contributed by atoms with Crippen molar-refractivity contribution in [1.82, 2.24) is 29.7 Å². The van der Waals surface area contributed by atoms with Crippen LogP contribution in [0, 0.1) is 5.92 Å². The van der Waals surface area contributed by atoms with E-state index in [1.165, 1.54) is 24.0 Å². The smallest absolute Gasteiger partial charge is 0.231 e. The number of nitrogens with one attached hydrogen (secondary N) is 1. The molecule has 1 aliphatic heterocycles. The molecule has 4 heterocycles. The van der Waals surface area contributed by atoms with Gasteiger partial charge >= 0.3 is 0 Å². The normalized spacial score (nSPS) is 16.6. The van der Waals surface area contributed by atoms with E-state index < -0.39 is 5.91 Å². The van der Waals surface area contributed by atoms with Gasteiger partial charge in [-0.3, -0.25) is 9.59 Å². The number of amides is 2. The first-order valence-electron chi connectivity index (χ1n) is 9.04. The maximum Gasteiger partial charge on any atom is 0.231 e. The first kappa shape index (κ1) is 18.9. The van der Waals surface area contributed by atoms with Gasteiger partial charge in [0.05, 0.1) is 18.0 Å². The van der Waals surface area contributed by atoms with E-state index in [9.17, 15) is 9.59 Å². The number of thiazole rings is 1. The molecule has 1 unspecified atom stereocenters. The molecule has 3 N–H and O–H groups in total. The molecule has 0 aliphatic carbocycles. The summed E-state index contributed by atoms with van der Waals surface area (Å²) in [6, 6.07) is 1.83. The molecule has 150 valence electrons. The van der Waals surface area contributed by atoms with Crippen molar-refractivity contribution >= 4 is 34.1 Å². The van der Waals surface area contributed by atoms with E-state index in [2.05, 4.69) is 35.3 Å². The van der Waals surface area contributed by atoms with Crippen LogP contribution in [0.2, 0.25) is 0 Å². The molecule has 4 rings (SSSR count). The van der Waals surface area contributed by atoms with Crippen molar-refractivity contribution in [3.05, 3.63) is 36.1 Å². The molecule has 3 aromatic heterocycles. The lowest BCUT2D eigenvalue weighted by atomic mass is 9.97. The van der Waals surface area contributed by atoms with E-state index in [4.69, 9.17) is 5.73 Å². The van der Waals surface area contributed by atoms with Crippen molar-refractivity contribution in [2.45, 2.75) is 19.3 Å². The number of rotatable bonds is 6. The van der Waals surface area contributed by atoms with Gasteiger partial charge in [0.1, 0.15) is 24.8 Å². The second-order valence-corrected chi connectivity index (χ2v) is 7.49. The molecule has 1 aliphatic rings. The van der Waals surface area contributed by atoms with Crippen LogP contribution >= 0.6 is 11.3 Å². The lowest BCUT2D eigenvalue weighted by molar-refractivity contribution is -0.120. The van der Waals surface area contributed by atoms with E-state index in [1.807, 2.05) is 6.07 Å². The molecule has 0 spiro atoms. The molecule has 1 saturated heterocycles. The van der Waals surface area contributed by atoms with Crippen LogP contribution in [0.4, 0.5) is 10.9 Å². The number of carbonyl (C=O) groups excluding carboxylic acids is 2. The molecule has 29 heavy (non-hydrogen) atoms. The van der Waals surface area contributed by atoms with Gasteiger partial charge in [-0.05, 0) is 12.8 Å². The highest BCUT2D eigenvalue weighted by Gasteiger charge is 2.27. The van der Waals surface area contributed by atoms with Crippen LogP contribution < -0.4 is 16.0 Å². The summed E-state index contributed by atoms with van der Waals surface area (Å²) in [4.78, 5) is 42.5. The molecule has 0 saturated carbocycles. The fraction of sp³-hybridized carbons (Fsp3) is 0.353. The Morgan fingerprint density at radius 3 is 2.93 bits per heavy atom. The zero-order valence-corrected chi connectivity index (χ0v) is 16.2.